The highest BCUT2D eigenvalue weighted by molar-refractivity contribution is 5.92. The molecule has 1 aliphatic heterocycles. The van der Waals surface area contributed by atoms with E-state index in [0.29, 0.717) is 24.1 Å². The van der Waals surface area contributed by atoms with Gasteiger partial charge < -0.3 is 25.3 Å². The quantitative estimate of drug-likeness (QED) is 0.670. The van der Waals surface area contributed by atoms with Crippen molar-refractivity contribution < 1.29 is 14.2 Å². The fourth-order valence-corrected chi connectivity index (χ4v) is 2.51. The van der Waals surface area contributed by atoms with Crippen LogP contribution in [0.25, 0.3) is 0 Å². The number of guanidine groups is 1. The Morgan fingerprint density at radius 1 is 1.17 bits per heavy atom. The van der Waals surface area contributed by atoms with E-state index in [1.165, 1.54) is 0 Å². The molecule has 23 heavy (non-hydrogen) atoms. The topological polar surface area (TPSA) is 78.1 Å². The van der Waals surface area contributed by atoms with Gasteiger partial charge in [-0.1, -0.05) is 18.2 Å². The van der Waals surface area contributed by atoms with Crippen LogP contribution in [-0.2, 0) is 0 Å². The van der Waals surface area contributed by atoms with Gasteiger partial charge in [0.05, 0.1) is 14.2 Å². The van der Waals surface area contributed by atoms with Crippen molar-refractivity contribution in [2.75, 3.05) is 26.1 Å². The summed E-state index contributed by atoms with van der Waals surface area (Å²) in [7, 11) is 3.18. The summed E-state index contributed by atoms with van der Waals surface area (Å²) in [6.07, 6.45) is 0. The summed E-state index contributed by atoms with van der Waals surface area (Å²) in [5.41, 5.74) is 7.84. The molecule has 0 radical (unpaired) electrons. The number of benzene rings is 2. The summed E-state index contributed by atoms with van der Waals surface area (Å²) in [5, 5.41) is 3.06. The van der Waals surface area contributed by atoms with Gasteiger partial charge in [0.25, 0.3) is 0 Å². The minimum absolute atomic E-state index is 0.0983. The first-order chi connectivity index (χ1) is 11.2. The van der Waals surface area contributed by atoms with Crippen molar-refractivity contribution in [1.29, 1.82) is 0 Å². The van der Waals surface area contributed by atoms with Crippen LogP contribution in [0.3, 0.4) is 0 Å². The predicted octanol–water partition coefficient (Wildman–Crippen LogP) is 2.56. The average Bonchev–Trinajstić information content (AvgIpc) is 2.97. The van der Waals surface area contributed by atoms with Gasteiger partial charge in [0.15, 0.2) is 17.5 Å². The molecule has 0 aliphatic carbocycles. The number of hydrogen-bond acceptors (Lipinski definition) is 4. The minimum Gasteiger partial charge on any atom is -0.493 e. The standard InChI is InChI=1S/C17H19N3O3/c1-21-15-8-7-11(9-16(15)22-2)19-17(18)20-13-10-23-14-6-4-3-5-12(13)14/h3-9,13H,10H2,1-2H3,(H3,18,19,20). The molecular formula is C17H19N3O3. The Morgan fingerprint density at radius 3 is 2.74 bits per heavy atom. The van der Waals surface area contributed by atoms with E-state index in [2.05, 4.69) is 10.3 Å². The van der Waals surface area contributed by atoms with Gasteiger partial charge >= 0.3 is 0 Å². The SMILES string of the molecule is COc1ccc(NC(N)=NC2COc3ccccc32)cc1OC. The maximum atomic E-state index is 6.02. The molecule has 6 nitrogen and oxygen atoms in total. The summed E-state index contributed by atoms with van der Waals surface area (Å²) in [5.74, 6) is 2.47. The Morgan fingerprint density at radius 2 is 1.96 bits per heavy atom. The van der Waals surface area contributed by atoms with Crippen molar-refractivity contribution >= 4 is 11.6 Å². The second kappa shape index (κ2) is 6.48. The van der Waals surface area contributed by atoms with Crippen molar-refractivity contribution in [2.24, 2.45) is 10.7 Å². The normalized spacial score (nSPS) is 16.4. The molecule has 2 aromatic carbocycles. The van der Waals surface area contributed by atoms with Gasteiger partial charge in [-0.3, -0.25) is 0 Å². The number of fused-ring (bicyclic) bond motifs is 1. The Hall–Kier alpha value is -2.89. The van der Waals surface area contributed by atoms with Crippen LogP contribution in [0.2, 0.25) is 0 Å². The third-order valence-electron chi connectivity index (χ3n) is 3.63. The number of nitrogens with one attached hydrogen (secondary N) is 1. The van der Waals surface area contributed by atoms with E-state index in [1.807, 2.05) is 36.4 Å². The number of nitrogens with two attached hydrogens (primary N) is 1. The fourth-order valence-electron chi connectivity index (χ4n) is 2.51. The number of nitrogens with zero attached hydrogens (tertiary/aromatic N) is 1. The van der Waals surface area contributed by atoms with Crippen LogP contribution in [0.5, 0.6) is 17.2 Å². The molecule has 6 heteroatoms. The number of para-hydroxylation sites is 1. The number of anilines is 1. The molecule has 0 aromatic heterocycles. The summed E-state index contributed by atoms with van der Waals surface area (Å²) in [4.78, 5) is 4.50. The van der Waals surface area contributed by atoms with E-state index in [0.717, 1.165) is 17.0 Å². The van der Waals surface area contributed by atoms with Crippen LogP contribution in [-0.4, -0.2) is 26.8 Å². The Bertz CT molecular complexity index is 731. The van der Waals surface area contributed by atoms with E-state index < -0.39 is 0 Å². The molecule has 120 valence electrons. The van der Waals surface area contributed by atoms with E-state index >= 15 is 0 Å². The van der Waals surface area contributed by atoms with Crippen LogP contribution >= 0.6 is 0 Å². The third-order valence-corrected chi connectivity index (χ3v) is 3.63. The Kier molecular flexibility index (Phi) is 4.23. The molecule has 1 heterocycles. The second-order valence-corrected chi connectivity index (χ2v) is 5.07. The zero-order chi connectivity index (χ0) is 16.2. The molecule has 1 unspecified atom stereocenters. The van der Waals surface area contributed by atoms with Crippen LogP contribution in [0.1, 0.15) is 11.6 Å². The van der Waals surface area contributed by atoms with Crippen molar-refractivity contribution in [3.8, 4) is 17.2 Å². The van der Waals surface area contributed by atoms with Gasteiger partial charge in [0.1, 0.15) is 18.4 Å². The molecule has 0 fully saturated rings. The predicted molar refractivity (Wildman–Crippen MR) is 89.5 cm³/mol. The molecule has 1 aliphatic rings. The molecule has 0 amide bonds. The highest BCUT2D eigenvalue weighted by Crippen LogP contribution is 2.34. The summed E-state index contributed by atoms with van der Waals surface area (Å²) in [6, 6.07) is 13.2. The van der Waals surface area contributed by atoms with Gasteiger partial charge in [0, 0.05) is 17.3 Å². The Balaban J connectivity index is 1.76. The lowest BCUT2D eigenvalue weighted by molar-refractivity contribution is 0.334. The molecular weight excluding hydrogens is 294 g/mol. The fraction of sp³-hybridized carbons (Fsp3) is 0.235. The number of ether oxygens (including phenoxy) is 3. The summed E-state index contributed by atoms with van der Waals surface area (Å²) in [6.45, 7) is 0.494. The van der Waals surface area contributed by atoms with E-state index in [9.17, 15) is 0 Å². The summed E-state index contributed by atoms with van der Waals surface area (Å²) >= 11 is 0. The Labute approximate surface area is 134 Å². The number of hydrogen-bond donors (Lipinski definition) is 2. The zero-order valence-electron chi connectivity index (χ0n) is 13.1. The molecule has 3 rings (SSSR count). The smallest absolute Gasteiger partial charge is 0.193 e. The van der Waals surface area contributed by atoms with Crippen LogP contribution in [0.4, 0.5) is 5.69 Å². The van der Waals surface area contributed by atoms with Crippen LogP contribution in [0.15, 0.2) is 47.5 Å². The molecule has 2 aromatic rings. The van der Waals surface area contributed by atoms with Crippen molar-refractivity contribution in [2.45, 2.75) is 6.04 Å². The van der Waals surface area contributed by atoms with E-state index in [4.69, 9.17) is 19.9 Å². The maximum absolute atomic E-state index is 6.02. The largest absolute Gasteiger partial charge is 0.493 e. The lowest BCUT2D eigenvalue weighted by Gasteiger charge is -2.12. The van der Waals surface area contributed by atoms with Gasteiger partial charge in [-0.25, -0.2) is 4.99 Å². The van der Waals surface area contributed by atoms with Crippen molar-refractivity contribution in [3.05, 3.63) is 48.0 Å². The minimum atomic E-state index is -0.0983. The van der Waals surface area contributed by atoms with Gasteiger partial charge in [-0.2, -0.15) is 0 Å². The van der Waals surface area contributed by atoms with Crippen LogP contribution < -0.4 is 25.3 Å². The molecule has 0 saturated heterocycles. The number of rotatable bonds is 4. The third kappa shape index (κ3) is 3.15. The molecule has 0 saturated carbocycles. The van der Waals surface area contributed by atoms with Gasteiger partial charge in [-0.05, 0) is 18.2 Å². The van der Waals surface area contributed by atoms with Crippen molar-refractivity contribution in [3.63, 3.8) is 0 Å². The molecule has 0 bridgehead atoms. The van der Waals surface area contributed by atoms with E-state index in [-0.39, 0.29) is 6.04 Å². The van der Waals surface area contributed by atoms with Crippen molar-refractivity contribution in [1.82, 2.24) is 0 Å². The first-order valence-electron chi connectivity index (χ1n) is 7.25. The molecule has 3 N–H and O–H groups in total. The first kappa shape index (κ1) is 15.0. The van der Waals surface area contributed by atoms with Gasteiger partial charge in [0.2, 0.25) is 0 Å². The van der Waals surface area contributed by atoms with E-state index in [1.54, 1.807) is 20.3 Å². The maximum Gasteiger partial charge on any atom is 0.193 e. The highest BCUT2D eigenvalue weighted by Gasteiger charge is 2.23. The monoisotopic (exact) mass is 313 g/mol. The first-order valence-corrected chi connectivity index (χ1v) is 7.25. The zero-order valence-corrected chi connectivity index (χ0v) is 13.1. The molecule has 0 spiro atoms. The second-order valence-electron chi connectivity index (χ2n) is 5.07. The lowest BCUT2D eigenvalue weighted by atomic mass is 10.1. The van der Waals surface area contributed by atoms with Gasteiger partial charge in [-0.15, -0.1) is 0 Å². The van der Waals surface area contributed by atoms with Crippen LogP contribution in [0, 0.1) is 0 Å². The summed E-state index contributed by atoms with van der Waals surface area (Å²) < 4.78 is 16.1. The average molecular weight is 313 g/mol. The lowest BCUT2D eigenvalue weighted by Crippen LogP contribution is -2.23. The number of methoxy groups -OCH3 is 2. The highest BCUT2D eigenvalue weighted by atomic mass is 16.5. The number of aliphatic imine (C=N–C) groups is 1. The molecule has 1 atom stereocenters.